The summed E-state index contributed by atoms with van der Waals surface area (Å²) in [5.41, 5.74) is 0.343. The van der Waals surface area contributed by atoms with E-state index in [1.807, 2.05) is 0 Å². The number of aromatic nitrogens is 2. The van der Waals surface area contributed by atoms with Gasteiger partial charge in [-0.2, -0.15) is 4.98 Å². The van der Waals surface area contributed by atoms with Crippen LogP contribution in [0.1, 0.15) is 32.1 Å². The zero-order valence-electron chi connectivity index (χ0n) is 12.4. The lowest BCUT2D eigenvalue weighted by Crippen LogP contribution is -2.26. The Kier molecular flexibility index (Phi) is 3.41. The molecule has 1 fully saturated rings. The van der Waals surface area contributed by atoms with Gasteiger partial charge in [0.25, 0.3) is 0 Å². The lowest BCUT2D eigenvalue weighted by Gasteiger charge is -2.27. The Morgan fingerprint density at radius 2 is 2.10 bits per heavy atom. The largest absolute Gasteiger partial charge is 0.356 e. The number of fused-ring (bicyclic) bond motifs is 1. The van der Waals surface area contributed by atoms with Gasteiger partial charge in [-0.3, -0.25) is 0 Å². The highest BCUT2D eigenvalue weighted by atomic mass is 35.5. The van der Waals surface area contributed by atoms with Crippen LogP contribution in [0.5, 0.6) is 0 Å². The Morgan fingerprint density at radius 1 is 1.35 bits per heavy atom. The Bertz CT molecular complexity index is 644. The van der Waals surface area contributed by atoms with Crippen molar-refractivity contribution in [3.63, 3.8) is 0 Å². The van der Waals surface area contributed by atoms with Gasteiger partial charge in [0.05, 0.1) is 5.39 Å². The number of nitrogens with zero attached hydrogens (tertiary/aromatic N) is 3. The van der Waals surface area contributed by atoms with E-state index >= 15 is 0 Å². The van der Waals surface area contributed by atoms with Crippen LogP contribution < -0.4 is 4.90 Å². The summed E-state index contributed by atoms with van der Waals surface area (Å²) in [6, 6.07) is 2.18. The van der Waals surface area contributed by atoms with Crippen molar-refractivity contribution in [2.75, 3.05) is 18.0 Å². The number of thiophene rings is 1. The molecular weight excluding hydrogens is 290 g/mol. The highest BCUT2D eigenvalue weighted by Gasteiger charge is 2.33. The maximum absolute atomic E-state index is 6.10. The highest BCUT2D eigenvalue weighted by Crippen LogP contribution is 2.38. The molecule has 0 N–H and O–H groups in total. The third-order valence-corrected chi connectivity index (χ3v) is 5.29. The van der Waals surface area contributed by atoms with Gasteiger partial charge in [-0.05, 0) is 42.3 Å². The van der Waals surface area contributed by atoms with Crippen LogP contribution in [-0.4, -0.2) is 23.1 Å². The van der Waals surface area contributed by atoms with E-state index in [4.69, 9.17) is 11.6 Å². The Balaban J connectivity index is 1.99. The molecule has 5 heteroatoms. The first-order valence-electron chi connectivity index (χ1n) is 7.03. The molecule has 1 aliphatic rings. The first-order valence-corrected chi connectivity index (χ1v) is 8.22. The van der Waals surface area contributed by atoms with Crippen molar-refractivity contribution < 1.29 is 0 Å². The Morgan fingerprint density at radius 3 is 2.75 bits per heavy atom. The van der Waals surface area contributed by atoms with E-state index in [1.54, 1.807) is 11.3 Å². The summed E-state index contributed by atoms with van der Waals surface area (Å²) >= 11 is 7.78. The van der Waals surface area contributed by atoms with Crippen molar-refractivity contribution in [1.82, 2.24) is 9.97 Å². The third-order valence-electron chi connectivity index (χ3n) is 4.18. The molecule has 1 atom stereocenters. The van der Waals surface area contributed by atoms with Gasteiger partial charge < -0.3 is 4.90 Å². The monoisotopic (exact) mass is 309 g/mol. The van der Waals surface area contributed by atoms with Gasteiger partial charge in [-0.15, -0.1) is 11.3 Å². The molecular formula is C15H20ClN3S. The lowest BCUT2D eigenvalue weighted by molar-refractivity contribution is 0.263. The predicted molar refractivity (Wildman–Crippen MR) is 86.9 cm³/mol. The van der Waals surface area contributed by atoms with Gasteiger partial charge >= 0.3 is 0 Å². The van der Waals surface area contributed by atoms with Crippen LogP contribution in [0.25, 0.3) is 10.2 Å². The smallest absolute Gasteiger partial charge is 0.225 e. The SMILES string of the molecule is Cc1cc2c(N3CCC(C(C)(C)C)C3)nc(Cl)nc2s1. The molecule has 0 aliphatic carbocycles. The fourth-order valence-electron chi connectivity index (χ4n) is 2.90. The van der Waals surface area contributed by atoms with Crippen molar-refractivity contribution in [3.8, 4) is 0 Å². The van der Waals surface area contributed by atoms with E-state index < -0.39 is 0 Å². The quantitative estimate of drug-likeness (QED) is 0.725. The summed E-state index contributed by atoms with van der Waals surface area (Å²) in [5.74, 6) is 1.71. The molecule has 0 aromatic carbocycles. The highest BCUT2D eigenvalue weighted by molar-refractivity contribution is 7.18. The van der Waals surface area contributed by atoms with E-state index in [9.17, 15) is 0 Å². The third kappa shape index (κ3) is 2.51. The Labute approximate surface area is 129 Å². The van der Waals surface area contributed by atoms with E-state index in [1.165, 1.54) is 11.3 Å². The van der Waals surface area contributed by atoms with Gasteiger partial charge in [0, 0.05) is 18.0 Å². The molecule has 3 heterocycles. The van der Waals surface area contributed by atoms with Gasteiger partial charge in [-0.1, -0.05) is 20.8 Å². The molecule has 20 heavy (non-hydrogen) atoms. The van der Waals surface area contributed by atoms with Gasteiger partial charge in [0.1, 0.15) is 10.6 Å². The minimum atomic E-state index is 0.343. The number of rotatable bonds is 1. The van der Waals surface area contributed by atoms with Gasteiger partial charge in [0.15, 0.2) is 0 Å². The summed E-state index contributed by atoms with van der Waals surface area (Å²) in [7, 11) is 0. The summed E-state index contributed by atoms with van der Waals surface area (Å²) in [6.07, 6.45) is 1.22. The average molecular weight is 310 g/mol. The van der Waals surface area contributed by atoms with Crippen LogP contribution >= 0.6 is 22.9 Å². The number of hydrogen-bond acceptors (Lipinski definition) is 4. The molecule has 0 spiro atoms. The van der Waals surface area contributed by atoms with Crippen molar-refractivity contribution in [1.29, 1.82) is 0 Å². The summed E-state index contributed by atoms with van der Waals surface area (Å²) in [5, 5.41) is 1.50. The molecule has 0 bridgehead atoms. The first kappa shape index (κ1) is 14.1. The second-order valence-corrected chi connectivity index (χ2v) is 8.26. The fourth-order valence-corrected chi connectivity index (χ4v) is 3.99. The molecule has 108 valence electrons. The van der Waals surface area contributed by atoms with E-state index in [0.717, 1.165) is 29.1 Å². The number of anilines is 1. The van der Waals surface area contributed by atoms with Gasteiger partial charge in [0.2, 0.25) is 5.28 Å². The molecule has 0 amide bonds. The van der Waals surface area contributed by atoms with E-state index in [-0.39, 0.29) is 0 Å². The van der Waals surface area contributed by atoms with Crippen LogP contribution in [0.3, 0.4) is 0 Å². The standard InChI is InChI=1S/C15H20ClN3S/c1-9-7-11-12(17-14(16)18-13(11)20-9)19-6-5-10(8-19)15(2,3)4/h7,10H,5-6,8H2,1-4H3. The van der Waals surface area contributed by atoms with E-state index in [0.29, 0.717) is 16.6 Å². The van der Waals surface area contributed by atoms with Crippen LogP contribution in [-0.2, 0) is 0 Å². The van der Waals surface area contributed by atoms with Crippen molar-refractivity contribution >= 4 is 39.0 Å². The van der Waals surface area contributed by atoms with Gasteiger partial charge in [-0.25, -0.2) is 4.98 Å². The normalized spacial score (nSPS) is 20.1. The van der Waals surface area contributed by atoms with E-state index in [2.05, 4.69) is 48.6 Å². The summed E-state index contributed by atoms with van der Waals surface area (Å²) in [6.45, 7) is 11.2. The maximum atomic E-state index is 6.10. The molecule has 1 aliphatic heterocycles. The fraction of sp³-hybridized carbons (Fsp3) is 0.600. The number of aryl methyl sites for hydroxylation is 1. The topological polar surface area (TPSA) is 29.0 Å². The minimum absolute atomic E-state index is 0.343. The van der Waals surface area contributed by atoms with Crippen LogP contribution in [0, 0.1) is 18.3 Å². The average Bonchev–Trinajstić information content (AvgIpc) is 2.92. The zero-order chi connectivity index (χ0) is 14.5. The van der Waals surface area contributed by atoms with Crippen LogP contribution in [0.15, 0.2) is 6.07 Å². The Hall–Kier alpha value is -0.870. The molecule has 2 aromatic rings. The van der Waals surface area contributed by atoms with Crippen molar-refractivity contribution in [3.05, 3.63) is 16.2 Å². The molecule has 0 radical (unpaired) electrons. The maximum Gasteiger partial charge on any atom is 0.225 e. The first-order chi connectivity index (χ1) is 9.34. The minimum Gasteiger partial charge on any atom is -0.356 e. The van der Waals surface area contributed by atoms with Crippen LogP contribution in [0.4, 0.5) is 5.82 Å². The summed E-state index contributed by atoms with van der Waals surface area (Å²) in [4.78, 5) is 13.5. The lowest BCUT2D eigenvalue weighted by atomic mass is 9.80. The predicted octanol–water partition coefficient (Wildman–Crippen LogP) is 4.53. The summed E-state index contributed by atoms with van der Waals surface area (Å²) < 4.78 is 0. The number of halogens is 1. The van der Waals surface area contributed by atoms with Crippen LogP contribution in [0.2, 0.25) is 5.28 Å². The molecule has 2 aromatic heterocycles. The molecule has 1 saturated heterocycles. The molecule has 3 rings (SSSR count). The zero-order valence-corrected chi connectivity index (χ0v) is 14.0. The molecule has 0 saturated carbocycles. The second-order valence-electron chi connectivity index (χ2n) is 6.69. The molecule has 3 nitrogen and oxygen atoms in total. The second kappa shape index (κ2) is 4.85. The number of hydrogen-bond donors (Lipinski definition) is 0. The van der Waals surface area contributed by atoms with Crippen molar-refractivity contribution in [2.45, 2.75) is 34.1 Å². The molecule has 1 unspecified atom stereocenters. The van der Waals surface area contributed by atoms with Crippen molar-refractivity contribution in [2.24, 2.45) is 11.3 Å².